The van der Waals surface area contributed by atoms with E-state index in [1.165, 1.54) is 0 Å². The van der Waals surface area contributed by atoms with E-state index < -0.39 is 0 Å². The van der Waals surface area contributed by atoms with Crippen LogP contribution >= 0.6 is 11.6 Å². The Morgan fingerprint density at radius 3 is 2.58 bits per heavy atom. The van der Waals surface area contributed by atoms with Crippen LogP contribution in [0.1, 0.15) is 20.8 Å². The maximum absolute atomic E-state index is 5.73. The molecule has 0 radical (unpaired) electrons. The van der Waals surface area contributed by atoms with Crippen LogP contribution in [-0.2, 0) is 4.74 Å². The zero-order valence-corrected chi connectivity index (χ0v) is 8.64. The molecule has 1 aliphatic rings. The minimum atomic E-state index is 0.0119. The van der Waals surface area contributed by atoms with Gasteiger partial charge in [-0.15, -0.1) is 0 Å². The molecule has 1 rings (SSSR count). The second-order valence-corrected chi connectivity index (χ2v) is 2.42. The molecule has 0 aromatic rings. The van der Waals surface area contributed by atoms with Crippen molar-refractivity contribution < 1.29 is 4.74 Å². The van der Waals surface area contributed by atoms with E-state index in [2.05, 4.69) is 10.3 Å². The van der Waals surface area contributed by atoms with E-state index >= 15 is 0 Å². The third kappa shape index (κ3) is 3.13. The van der Waals surface area contributed by atoms with Crippen LogP contribution in [0.25, 0.3) is 0 Å². The first-order valence-corrected chi connectivity index (χ1v) is 4.35. The first kappa shape index (κ1) is 11.3. The molecule has 12 heavy (non-hydrogen) atoms. The Morgan fingerprint density at radius 2 is 2.17 bits per heavy atom. The van der Waals surface area contributed by atoms with Crippen molar-refractivity contribution in [1.29, 1.82) is 0 Å². The van der Waals surface area contributed by atoms with Crippen molar-refractivity contribution in [3.05, 3.63) is 11.2 Å². The lowest BCUT2D eigenvalue weighted by atomic mass is 10.3. The van der Waals surface area contributed by atoms with Gasteiger partial charge in [-0.2, -0.15) is 0 Å². The quantitative estimate of drug-likeness (QED) is 0.635. The normalized spacial score (nSPS) is 20.9. The highest BCUT2D eigenvalue weighted by Crippen LogP contribution is 2.12. The number of nitrogens with zero attached hydrogens (tertiary/aromatic N) is 1. The molecule has 0 saturated carbocycles. The van der Waals surface area contributed by atoms with Gasteiger partial charge in [0.1, 0.15) is 0 Å². The van der Waals surface area contributed by atoms with Crippen molar-refractivity contribution in [2.45, 2.75) is 26.8 Å². The predicted molar refractivity (Wildman–Crippen MR) is 52.3 cm³/mol. The Morgan fingerprint density at radius 1 is 1.58 bits per heavy atom. The average molecular weight is 191 g/mol. The molecule has 0 aromatic heterocycles. The van der Waals surface area contributed by atoms with Crippen LogP contribution in [0.2, 0.25) is 0 Å². The summed E-state index contributed by atoms with van der Waals surface area (Å²) in [6.45, 7) is 5.90. The van der Waals surface area contributed by atoms with Crippen molar-refractivity contribution in [3.8, 4) is 0 Å². The van der Waals surface area contributed by atoms with Gasteiger partial charge in [-0.3, -0.25) is 0 Å². The number of rotatable bonds is 0. The first-order chi connectivity index (χ1) is 5.74. The van der Waals surface area contributed by atoms with Crippen LogP contribution in [0.15, 0.2) is 16.2 Å². The van der Waals surface area contributed by atoms with E-state index in [0.717, 1.165) is 0 Å². The molecular weight excluding hydrogens is 176 g/mol. The van der Waals surface area contributed by atoms with Gasteiger partial charge in [-0.05, 0) is 6.92 Å². The van der Waals surface area contributed by atoms with E-state index in [0.29, 0.717) is 11.1 Å². The van der Waals surface area contributed by atoms with E-state index in [1.54, 1.807) is 13.3 Å². The summed E-state index contributed by atoms with van der Waals surface area (Å²) in [6.07, 6.45) is 1.68. The third-order valence-electron chi connectivity index (χ3n) is 1.24. The molecule has 0 aliphatic carbocycles. The molecular formula is C8H15ClN2O. The molecule has 1 N–H and O–H groups in total. The van der Waals surface area contributed by atoms with Crippen LogP contribution in [0.3, 0.4) is 0 Å². The molecule has 1 unspecified atom stereocenters. The molecule has 0 fully saturated rings. The number of hydrogen-bond donors (Lipinski definition) is 1. The molecule has 70 valence electrons. The van der Waals surface area contributed by atoms with Gasteiger partial charge in [0, 0.05) is 6.20 Å². The van der Waals surface area contributed by atoms with Gasteiger partial charge < -0.3 is 10.1 Å². The molecule has 1 aliphatic heterocycles. The van der Waals surface area contributed by atoms with Crippen molar-refractivity contribution >= 4 is 17.6 Å². The molecule has 0 saturated heterocycles. The first-order valence-electron chi connectivity index (χ1n) is 3.98. The average Bonchev–Trinajstić information content (AvgIpc) is 2.13. The summed E-state index contributed by atoms with van der Waals surface area (Å²) in [5, 5.41) is 3.48. The van der Waals surface area contributed by atoms with Crippen molar-refractivity contribution in [1.82, 2.24) is 5.32 Å². The van der Waals surface area contributed by atoms with Gasteiger partial charge in [0.25, 0.3) is 6.02 Å². The highest BCUT2D eigenvalue weighted by Gasteiger charge is 2.11. The van der Waals surface area contributed by atoms with Gasteiger partial charge >= 0.3 is 0 Å². The Hall–Kier alpha value is -0.700. The number of amidine groups is 1. The molecule has 0 spiro atoms. The summed E-state index contributed by atoms with van der Waals surface area (Å²) in [7, 11) is 1.56. The summed E-state index contributed by atoms with van der Waals surface area (Å²) in [4.78, 5) is 4.06. The van der Waals surface area contributed by atoms with Crippen LogP contribution in [0, 0.1) is 0 Å². The second kappa shape index (κ2) is 5.89. The van der Waals surface area contributed by atoms with Gasteiger partial charge in [-0.1, -0.05) is 25.4 Å². The highest BCUT2D eigenvalue weighted by atomic mass is 35.5. The smallest absolute Gasteiger partial charge is 0.289 e. The largest absolute Gasteiger partial charge is 0.468 e. The Labute approximate surface area is 78.5 Å². The second-order valence-electron chi connectivity index (χ2n) is 1.99. The third-order valence-corrected chi connectivity index (χ3v) is 1.66. The molecule has 1 atom stereocenters. The molecule has 0 bridgehead atoms. The number of hydrogen-bond acceptors (Lipinski definition) is 3. The summed E-state index contributed by atoms with van der Waals surface area (Å²) >= 11 is 5.73. The zero-order valence-electron chi connectivity index (χ0n) is 7.89. The molecule has 4 heteroatoms. The highest BCUT2D eigenvalue weighted by molar-refractivity contribution is 6.30. The van der Waals surface area contributed by atoms with Crippen LogP contribution in [0.4, 0.5) is 0 Å². The van der Waals surface area contributed by atoms with Gasteiger partial charge in [0.2, 0.25) is 0 Å². The number of halogens is 1. The number of ether oxygens (including phenoxy) is 1. The Bertz CT molecular complexity index is 189. The van der Waals surface area contributed by atoms with Gasteiger partial charge in [0.15, 0.2) is 0 Å². The summed E-state index contributed by atoms with van der Waals surface area (Å²) < 4.78 is 4.85. The van der Waals surface area contributed by atoms with E-state index in [4.69, 9.17) is 16.3 Å². The van der Waals surface area contributed by atoms with Crippen LogP contribution in [0.5, 0.6) is 0 Å². The fourth-order valence-corrected chi connectivity index (χ4v) is 0.741. The predicted octanol–water partition coefficient (Wildman–Crippen LogP) is 2.09. The minimum Gasteiger partial charge on any atom is -0.468 e. The number of methoxy groups -OCH3 is 1. The van der Waals surface area contributed by atoms with E-state index in [1.807, 2.05) is 20.8 Å². The molecule has 3 nitrogen and oxygen atoms in total. The van der Waals surface area contributed by atoms with Crippen LogP contribution < -0.4 is 5.32 Å². The van der Waals surface area contributed by atoms with E-state index in [-0.39, 0.29) is 6.04 Å². The van der Waals surface area contributed by atoms with Crippen molar-refractivity contribution in [3.63, 3.8) is 0 Å². The summed E-state index contributed by atoms with van der Waals surface area (Å²) in [5.74, 6) is 0. The van der Waals surface area contributed by atoms with E-state index in [9.17, 15) is 0 Å². The summed E-state index contributed by atoms with van der Waals surface area (Å²) in [6, 6.07) is 0.523. The molecule has 0 aromatic carbocycles. The molecule has 1 heterocycles. The number of aliphatic imine (C=N–C) groups is 1. The lowest BCUT2D eigenvalue weighted by Crippen LogP contribution is -2.26. The lowest BCUT2D eigenvalue weighted by Gasteiger charge is -2.14. The maximum Gasteiger partial charge on any atom is 0.289 e. The van der Waals surface area contributed by atoms with Crippen molar-refractivity contribution in [2.24, 2.45) is 4.99 Å². The lowest BCUT2D eigenvalue weighted by molar-refractivity contribution is 0.381. The summed E-state index contributed by atoms with van der Waals surface area (Å²) in [5.41, 5.74) is 0. The maximum atomic E-state index is 5.73. The fraction of sp³-hybridized carbons (Fsp3) is 0.625. The van der Waals surface area contributed by atoms with Crippen molar-refractivity contribution in [2.75, 3.05) is 7.11 Å². The topological polar surface area (TPSA) is 33.6 Å². The molecule has 0 amide bonds. The SMILES string of the molecule is CC.COC1=NC(C)C(Cl)=CN1. The van der Waals surface area contributed by atoms with Gasteiger partial charge in [-0.25, -0.2) is 4.99 Å². The standard InChI is InChI=1S/C6H9ClN2O.C2H6/c1-4-5(7)3-8-6(9-4)10-2;1-2/h3-4H,1-2H3,(H,8,9);1-2H3. The monoisotopic (exact) mass is 190 g/mol. The fourth-order valence-electron chi connectivity index (χ4n) is 0.638. The van der Waals surface area contributed by atoms with Gasteiger partial charge in [0.05, 0.1) is 18.2 Å². The minimum absolute atomic E-state index is 0.0119. The zero-order chi connectivity index (χ0) is 9.56. The van der Waals surface area contributed by atoms with Crippen LogP contribution in [-0.4, -0.2) is 19.2 Å². The number of nitrogens with one attached hydrogen (secondary N) is 1. The Balaban J connectivity index is 0.000000561. The Kier molecular flexibility index (Phi) is 5.54.